The van der Waals surface area contributed by atoms with Crippen LogP contribution in [0.5, 0.6) is 0 Å². The van der Waals surface area contributed by atoms with E-state index in [1.54, 1.807) is 6.07 Å². The van der Waals surface area contributed by atoms with Crippen LogP contribution < -0.4 is 11.3 Å². The zero-order valence-electron chi connectivity index (χ0n) is 6.55. The van der Waals surface area contributed by atoms with Gasteiger partial charge in [-0.05, 0) is 24.1 Å². The normalized spacial score (nSPS) is 9.92. The van der Waals surface area contributed by atoms with Crippen molar-refractivity contribution in [2.24, 2.45) is 5.84 Å². The lowest BCUT2D eigenvalue weighted by molar-refractivity contribution is 0.299. The standard InChI is InChI=1S/C8H11ClN2O/c9-8-5-7(11-10)2-1-6(8)3-4-12/h1-2,5,11-12H,3-4,10H2. The molecule has 0 aliphatic heterocycles. The lowest BCUT2D eigenvalue weighted by Gasteiger charge is -2.04. The molecule has 4 heteroatoms. The van der Waals surface area contributed by atoms with Crippen LogP contribution in [0.3, 0.4) is 0 Å². The summed E-state index contributed by atoms with van der Waals surface area (Å²) in [5.41, 5.74) is 4.18. The summed E-state index contributed by atoms with van der Waals surface area (Å²) in [6.45, 7) is 0.106. The van der Waals surface area contributed by atoms with Gasteiger partial charge in [0.15, 0.2) is 0 Å². The first kappa shape index (κ1) is 9.32. The maximum Gasteiger partial charge on any atom is 0.0500 e. The van der Waals surface area contributed by atoms with Crippen molar-refractivity contribution in [1.82, 2.24) is 0 Å². The van der Waals surface area contributed by atoms with Gasteiger partial charge in [-0.1, -0.05) is 17.7 Å². The highest BCUT2D eigenvalue weighted by Gasteiger charge is 1.99. The molecular weight excluding hydrogens is 176 g/mol. The van der Waals surface area contributed by atoms with E-state index < -0.39 is 0 Å². The molecular formula is C8H11ClN2O. The molecule has 0 saturated carbocycles. The van der Waals surface area contributed by atoms with Crippen molar-refractivity contribution in [3.8, 4) is 0 Å². The Bertz CT molecular complexity index is 265. The highest BCUT2D eigenvalue weighted by atomic mass is 35.5. The minimum atomic E-state index is 0.106. The number of hydrogen-bond acceptors (Lipinski definition) is 3. The molecule has 12 heavy (non-hydrogen) atoms. The fourth-order valence-corrected chi connectivity index (χ4v) is 1.24. The van der Waals surface area contributed by atoms with E-state index in [-0.39, 0.29) is 6.61 Å². The fraction of sp³-hybridized carbons (Fsp3) is 0.250. The first-order chi connectivity index (χ1) is 5.77. The van der Waals surface area contributed by atoms with Gasteiger partial charge in [0.05, 0.1) is 0 Å². The van der Waals surface area contributed by atoms with E-state index in [4.69, 9.17) is 22.6 Å². The molecule has 0 atom stereocenters. The summed E-state index contributed by atoms with van der Waals surface area (Å²) in [7, 11) is 0. The largest absolute Gasteiger partial charge is 0.396 e. The van der Waals surface area contributed by atoms with Gasteiger partial charge in [-0.3, -0.25) is 5.84 Å². The van der Waals surface area contributed by atoms with Gasteiger partial charge in [0.1, 0.15) is 0 Å². The lowest BCUT2D eigenvalue weighted by atomic mass is 10.1. The van der Waals surface area contributed by atoms with Crippen LogP contribution in [-0.4, -0.2) is 11.7 Å². The second-order valence-electron chi connectivity index (χ2n) is 2.42. The van der Waals surface area contributed by atoms with Gasteiger partial charge in [-0.25, -0.2) is 0 Å². The van der Waals surface area contributed by atoms with E-state index in [1.807, 2.05) is 12.1 Å². The molecule has 0 aromatic heterocycles. The Morgan fingerprint density at radius 2 is 2.25 bits per heavy atom. The van der Waals surface area contributed by atoms with E-state index in [9.17, 15) is 0 Å². The molecule has 0 fully saturated rings. The van der Waals surface area contributed by atoms with Gasteiger partial charge in [-0.2, -0.15) is 0 Å². The van der Waals surface area contributed by atoms with Crippen LogP contribution in [0.4, 0.5) is 5.69 Å². The second kappa shape index (κ2) is 4.30. The number of nitrogens with one attached hydrogen (secondary N) is 1. The predicted molar refractivity (Wildman–Crippen MR) is 50.1 cm³/mol. The average molecular weight is 187 g/mol. The minimum Gasteiger partial charge on any atom is -0.396 e. The summed E-state index contributed by atoms with van der Waals surface area (Å²) in [4.78, 5) is 0. The number of rotatable bonds is 3. The zero-order chi connectivity index (χ0) is 8.97. The molecule has 0 heterocycles. The van der Waals surface area contributed by atoms with Crippen LogP contribution in [0.1, 0.15) is 5.56 Å². The maximum absolute atomic E-state index is 8.67. The number of hydrazine groups is 1. The van der Waals surface area contributed by atoms with E-state index in [0.29, 0.717) is 11.4 Å². The number of hydrogen-bond donors (Lipinski definition) is 3. The predicted octanol–water partition coefficient (Wildman–Crippen LogP) is 1.16. The number of aliphatic hydroxyl groups excluding tert-OH is 1. The Morgan fingerprint density at radius 1 is 1.50 bits per heavy atom. The van der Waals surface area contributed by atoms with Gasteiger partial charge in [0.2, 0.25) is 0 Å². The molecule has 0 spiro atoms. The molecule has 4 N–H and O–H groups in total. The Morgan fingerprint density at radius 3 is 2.75 bits per heavy atom. The van der Waals surface area contributed by atoms with Crippen LogP contribution in [0.25, 0.3) is 0 Å². The SMILES string of the molecule is NNc1ccc(CCO)c(Cl)c1. The van der Waals surface area contributed by atoms with Crippen LogP contribution in [0, 0.1) is 0 Å². The van der Waals surface area contributed by atoms with Gasteiger partial charge in [-0.15, -0.1) is 0 Å². The van der Waals surface area contributed by atoms with E-state index in [1.165, 1.54) is 0 Å². The third kappa shape index (κ3) is 2.11. The summed E-state index contributed by atoms with van der Waals surface area (Å²) in [6.07, 6.45) is 0.573. The molecule has 0 unspecified atom stereocenters. The first-order valence-corrected chi connectivity index (χ1v) is 4.01. The molecule has 0 saturated heterocycles. The van der Waals surface area contributed by atoms with Crippen molar-refractivity contribution in [1.29, 1.82) is 0 Å². The Hall–Kier alpha value is -0.770. The number of nitrogen functional groups attached to an aromatic ring is 1. The number of halogens is 1. The highest BCUT2D eigenvalue weighted by Crippen LogP contribution is 2.20. The molecule has 0 amide bonds. The molecule has 1 rings (SSSR count). The molecule has 1 aromatic rings. The van der Waals surface area contributed by atoms with Crippen LogP contribution in [-0.2, 0) is 6.42 Å². The van der Waals surface area contributed by atoms with Crippen molar-refractivity contribution >= 4 is 17.3 Å². The second-order valence-corrected chi connectivity index (χ2v) is 2.83. The van der Waals surface area contributed by atoms with Gasteiger partial charge < -0.3 is 10.5 Å². The molecule has 3 nitrogen and oxygen atoms in total. The van der Waals surface area contributed by atoms with E-state index >= 15 is 0 Å². The van der Waals surface area contributed by atoms with E-state index in [2.05, 4.69) is 5.43 Å². The van der Waals surface area contributed by atoms with Crippen molar-refractivity contribution in [3.63, 3.8) is 0 Å². The van der Waals surface area contributed by atoms with Crippen molar-refractivity contribution in [2.75, 3.05) is 12.0 Å². The minimum absolute atomic E-state index is 0.106. The van der Waals surface area contributed by atoms with Crippen molar-refractivity contribution < 1.29 is 5.11 Å². The summed E-state index contributed by atoms with van der Waals surface area (Å²) < 4.78 is 0. The Balaban J connectivity index is 2.87. The van der Waals surface area contributed by atoms with Gasteiger partial charge >= 0.3 is 0 Å². The van der Waals surface area contributed by atoms with Crippen LogP contribution >= 0.6 is 11.6 Å². The topological polar surface area (TPSA) is 58.3 Å². The van der Waals surface area contributed by atoms with Crippen molar-refractivity contribution in [2.45, 2.75) is 6.42 Å². The number of anilines is 1. The van der Waals surface area contributed by atoms with Gasteiger partial charge in [0.25, 0.3) is 0 Å². The summed E-state index contributed by atoms with van der Waals surface area (Å²) in [5, 5.41) is 9.30. The van der Waals surface area contributed by atoms with Crippen LogP contribution in [0.15, 0.2) is 18.2 Å². The van der Waals surface area contributed by atoms with Gasteiger partial charge in [0, 0.05) is 17.3 Å². The van der Waals surface area contributed by atoms with Crippen LogP contribution in [0.2, 0.25) is 5.02 Å². The third-order valence-electron chi connectivity index (χ3n) is 1.60. The molecule has 0 aliphatic carbocycles. The fourth-order valence-electron chi connectivity index (χ4n) is 0.960. The maximum atomic E-state index is 8.67. The van der Waals surface area contributed by atoms with Crippen molar-refractivity contribution in [3.05, 3.63) is 28.8 Å². The Labute approximate surface area is 76.1 Å². The summed E-state index contributed by atoms with van der Waals surface area (Å²) in [5.74, 6) is 5.18. The number of aliphatic hydroxyl groups is 1. The molecule has 0 aliphatic rings. The first-order valence-electron chi connectivity index (χ1n) is 3.64. The number of nitrogens with two attached hydrogens (primary N) is 1. The highest BCUT2D eigenvalue weighted by molar-refractivity contribution is 6.31. The molecule has 0 radical (unpaired) electrons. The smallest absolute Gasteiger partial charge is 0.0500 e. The quantitative estimate of drug-likeness (QED) is 0.491. The zero-order valence-corrected chi connectivity index (χ0v) is 7.30. The molecule has 66 valence electrons. The molecule has 1 aromatic carbocycles. The molecule has 0 bridgehead atoms. The van der Waals surface area contributed by atoms with E-state index in [0.717, 1.165) is 11.3 Å². The number of benzene rings is 1. The summed E-state index contributed by atoms with van der Waals surface area (Å²) in [6, 6.07) is 5.39. The monoisotopic (exact) mass is 186 g/mol. The lowest BCUT2D eigenvalue weighted by Crippen LogP contribution is -2.06. The summed E-state index contributed by atoms with van der Waals surface area (Å²) >= 11 is 5.88. The third-order valence-corrected chi connectivity index (χ3v) is 1.95. The Kier molecular flexibility index (Phi) is 3.34. The average Bonchev–Trinajstić information content (AvgIpc) is 2.09.